The summed E-state index contributed by atoms with van der Waals surface area (Å²) >= 11 is 1.79. The Bertz CT molecular complexity index is 307. The van der Waals surface area contributed by atoms with E-state index in [1.54, 1.807) is 11.3 Å². The van der Waals surface area contributed by atoms with Crippen LogP contribution in [0.4, 0.5) is 0 Å². The highest BCUT2D eigenvalue weighted by molar-refractivity contribution is 7.07. The van der Waals surface area contributed by atoms with Gasteiger partial charge >= 0.3 is 0 Å². The summed E-state index contributed by atoms with van der Waals surface area (Å²) in [5, 5.41) is 4.41. The molecule has 0 bridgehead atoms. The summed E-state index contributed by atoms with van der Waals surface area (Å²) in [6.07, 6.45) is 9.24. The molecule has 0 amide bonds. The largest absolute Gasteiger partial charge is 0.327 e. The van der Waals surface area contributed by atoms with Crippen LogP contribution in [0.3, 0.4) is 0 Å². The Morgan fingerprint density at radius 1 is 1.47 bits per heavy atom. The molecule has 2 heteroatoms. The van der Waals surface area contributed by atoms with Crippen LogP contribution in [0.1, 0.15) is 51.0 Å². The first-order valence-electron chi connectivity index (χ1n) is 7.06. The third kappa shape index (κ3) is 3.82. The number of aryl methyl sites for hydroxylation is 1. The molecule has 1 saturated carbocycles. The smallest absolute Gasteiger partial charge is 0.00704 e. The molecule has 1 aromatic heterocycles. The van der Waals surface area contributed by atoms with E-state index in [4.69, 9.17) is 5.73 Å². The average Bonchev–Trinajstić information content (AvgIpc) is 2.89. The van der Waals surface area contributed by atoms with Crippen LogP contribution in [-0.2, 0) is 6.42 Å². The first-order chi connectivity index (χ1) is 8.29. The van der Waals surface area contributed by atoms with Crippen LogP contribution in [-0.4, -0.2) is 6.04 Å². The van der Waals surface area contributed by atoms with Gasteiger partial charge in [0.05, 0.1) is 0 Å². The minimum absolute atomic E-state index is 0.421. The second-order valence-electron chi connectivity index (χ2n) is 5.54. The lowest BCUT2D eigenvalue weighted by atomic mass is 9.76. The molecule has 2 N–H and O–H groups in total. The lowest BCUT2D eigenvalue weighted by Gasteiger charge is -2.32. The molecular formula is C15H25NS. The zero-order valence-electron chi connectivity index (χ0n) is 10.9. The lowest BCUT2D eigenvalue weighted by Crippen LogP contribution is -2.34. The molecule has 1 aromatic rings. The van der Waals surface area contributed by atoms with Crippen LogP contribution in [0.5, 0.6) is 0 Å². The molecule has 3 unspecified atom stereocenters. The maximum Gasteiger partial charge on any atom is 0.00704 e. The molecule has 17 heavy (non-hydrogen) atoms. The van der Waals surface area contributed by atoms with Crippen molar-refractivity contribution in [3.05, 3.63) is 22.4 Å². The molecule has 0 spiro atoms. The normalized spacial score (nSPS) is 26.9. The van der Waals surface area contributed by atoms with Crippen LogP contribution in [0.2, 0.25) is 0 Å². The molecule has 2 rings (SSSR count). The predicted octanol–water partition coefficient (Wildman–Crippen LogP) is 4.22. The van der Waals surface area contributed by atoms with Crippen molar-refractivity contribution in [1.29, 1.82) is 0 Å². The maximum absolute atomic E-state index is 6.39. The van der Waals surface area contributed by atoms with Crippen LogP contribution in [0.25, 0.3) is 0 Å². The van der Waals surface area contributed by atoms with E-state index >= 15 is 0 Å². The highest BCUT2D eigenvalue weighted by Gasteiger charge is 2.25. The monoisotopic (exact) mass is 251 g/mol. The Morgan fingerprint density at radius 2 is 2.35 bits per heavy atom. The van der Waals surface area contributed by atoms with Gasteiger partial charge < -0.3 is 5.73 Å². The SMILES string of the molecule is CCC1CCCC(C(N)CCc2ccsc2)C1. The van der Waals surface area contributed by atoms with Gasteiger partial charge in [0.15, 0.2) is 0 Å². The van der Waals surface area contributed by atoms with Gasteiger partial charge in [-0.1, -0.05) is 26.2 Å². The molecule has 1 nitrogen and oxygen atoms in total. The standard InChI is InChI=1S/C15H25NS/c1-2-12-4-3-5-14(10-12)15(16)7-6-13-8-9-17-11-13/h8-9,11-12,14-15H,2-7,10,16H2,1H3. The molecule has 0 saturated heterocycles. The van der Waals surface area contributed by atoms with Crippen LogP contribution in [0.15, 0.2) is 16.8 Å². The fourth-order valence-electron chi connectivity index (χ4n) is 3.10. The van der Waals surface area contributed by atoms with Crippen LogP contribution in [0, 0.1) is 11.8 Å². The first kappa shape index (κ1) is 13.1. The molecule has 1 aliphatic carbocycles. The molecule has 96 valence electrons. The fourth-order valence-corrected chi connectivity index (χ4v) is 3.80. The number of nitrogens with two attached hydrogens (primary N) is 1. The molecule has 1 aliphatic rings. The second kappa shape index (κ2) is 6.55. The summed E-state index contributed by atoms with van der Waals surface area (Å²) in [6, 6.07) is 2.65. The average molecular weight is 251 g/mol. The molecule has 1 fully saturated rings. The van der Waals surface area contributed by atoms with Gasteiger partial charge in [0.25, 0.3) is 0 Å². The quantitative estimate of drug-likeness (QED) is 0.833. The van der Waals surface area contributed by atoms with E-state index in [-0.39, 0.29) is 0 Å². The van der Waals surface area contributed by atoms with E-state index in [0.29, 0.717) is 6.04 Å². The molecule has 0 aromatic carbocycles. The van der Waals surface area contributed by atoms with Crippen molar-refractivity contribution in [2.75, 3.05) is 0 Å². The molecule has 0 radical (unpaired) electrons. The van der Waals surface area contributed by atoms with Crippen molar-refractivity contribution in [1.82, 2.24) is 0 Å². The first-order valence-corrected chi connectivity index (χ1v) is 8.00. The van der Waals surface area contributed by atoms with Crippen LogP contribution >= 0.6 is 11.3 Å². The van der Waals surface area contributed by atoms with Crippen molar-refractivity contribution < 1.29 is 0 Å². The van der Waals surface area contributed by atoms with Gasteiger partial charge in [0.1, 0.15) is 0 Å². The fraction of sp³-hybridized carbons (Fsp3) is 0.733. The zero-order chi connectivity index (χ0) is 12.1. The molecule has 0 aliphatic heterocycles. The Labute approximate surface area is 109 Å². The topological polar surface area (TPSA) is 26.0 Å². The zero-order valence-corrected chi connectivity index (χ0v) is 11.7. The Balaban J connectivity index is 1.76. The van der Waals surface area contributed by atoms with Crippen molar-refractivity contribution in [3.63, 3.8) is 0 Å². The van der Waals surface area contributed by atoms with Gasteiger partial charge in [-0.2, -0.15) is 11.3 Å². The van der Waals surface area contributed by atoms with Gasteiger partial charge in [-0.05, 0) is 59.9 Å². The minimum Gasteiger partial charge on any atom is -0.327 e. The molecule has 3 atom stereocenters. The highest BCUT2D eigenvalue weighted by atomic mass is 32.1. The Kier molecular flexibility index (Phi) is 5.05. The van der Waals surface area contributed by atoms with Crippen molar-refractivity contribution in [2.45, 2.75) is 57.9 Å². The van der Waals surface area contributed by atoms with Gasteiger partial charge in [-0.3, -0.25) is 0 Å². The van der Waals surface area contributed by atoms with Crippen LogP contribution < -0.4 is 5.73 Å². The van der Waals surface area contributed by atoms with Gasteiger partial charge in [-0.25, -0.2) is 0 Å². The van der Waals surface area contributed by atoms with Crippen molar-refractivity contribution in [2.24, 2.45) is 17.6 Å². The van der Waals surface area contributed by atoms with E-state index in [9.17, 15) is 0 Å². The number of rotatable bonds is 5. The summed E-state index contributed by atoms with van der Waals surface area (Å²) in [4.78, 5) is 0. The van der Waals surface area contributed by atoms with E-state index in [1.807, 2.05) is 0 Å². The predicted molar refractivity (Wildman–Crippen MR) is 76.4 cm³/mol. The lowest BCUT2D eigenvalue weighted by molar-refractivity contribution is 0.224. The van der Waals surface area contributed by atoms with E-state index < -0.39 is 0 Å². The third-order valence-corrected chi connectivity index (χ3v) is 5.08. The van der Waals surface area contributed by atoms with E-state index in [1.165, 1.54) is 37.7 Å². The summed E-state index contributed by atoms with van der Waals surface area (Å²) in [6.45, 7) is 2.32. The van der Waals surface area contributed by atoms with Crippen molar-refractivity contribution >= 4 is 11.3 Å². The summed E-state index contributed by atoms with van der Waals surface area (Å²) < 4.78 is 0. The molecular weight excluding hydrogens is 226 g/mol. The van der Waals surface area contributed by atoms with E-state index in [2.05, 4.69) is 23.8 Å². The second-order valence-corrected chi connectivity index (χ2v) is 6.32. The number of hydrogen-bond acceptors (Lipinski definition) is 2. The van der Waals surface area contributed by atoms with Gasteiger partial charge in [-0.15, -0.1) is 0 Å². The highest BCUT2D eigenvalue weighted by Crippen LogP contribution is 2.33. The summed E-state index contributed by atoms with van der Waals surface area (Å²) in [7, 11) is 0. The number of thiophene rings is 1. The van der Waals surface area contributed by atoms with E-state index in [0.717, 1.165) is 24.7 Å². The minimum atomic E-state index is 0.421. The Hall–Kier alpha value is -0.340. The van der Waals surface area contributed by atoms with Gasteiger partial charge in [0, 0.05) is 6.04 Å². The maximum atomic E-state index is 6.39. The third-order valence-electron chi connectivity index (χ3n) is 4.35. The van der Waals surface area contributed by atoms with Crippen molar-refractivity contribution in [3.8, 4) is 0 Å². The summed E-state index contributed by atoms with van der Waals surface area (Å²) in [5.74, 6) is 1.73. The summed E-state index contributed by atoms with van der Waals surface area (Å²) in [5.41, 5.74) is 7.85. The van der Waals surface area contributed by atoms with Gasteiger partial charge in [0.2, 0.25) is 0 Å². The number of hydrogen-bond donors (Lipinski definition) is 1. The molecule has 1 heterocycles. The Morgan fingerprint density at radius 3 is 3.06 bits per heavy atom.